The molecule has 1 fully saturated rings. The predicted molar refractivity (Wildman–Crippen MR) is 80.5 cm³/mol. The molecular weight excluding hydrogens is 274 g/mol. The van der Waals surface area contributed by atoms with E-state index in [1.165, 1.54) is 0 Å². The van der Waals surface area contributed by atoms with Gasteiger partial charge in [-0.25, -0.2) is 13.1 Å². The lowest BCUT2D eigenvalue weighted by atomic mass is 9.94. The molecule has 1 aromatic carbocycles. The first kappa shape index (κ1) is 15.3. The number of hydrazine groups is 1. The van der Waals surface area contributed by atoms with Crippen LogP contribution < -0.4 is 16.0 Å². The molecule has 5 nitrogen and oxygen atoms in total. The van der Waals surface area contributed by atoms with Crippen molar-refractivity contribution in [3.8, 4) is 0 Å². The SMILES string of the molecule is CCC1CCC(NS(=O)(=O)c2ccc(NN)cc2)C1C. The lowest BCUT2D eigenvalue weighted by molar-refractivity contribution is 0.368. The number of anilines is 1. The Morgan fingerprint density at radius 1 is 1.25 bits per heavy atom. The molecule has 0 aliphatic heterocycles. The normalized spacial score (nSPS) is 26.6. The van der Waals surface area contributed by atoms with Crippen LogP contribution in [-0.2, 0) is 10.0 Å². The van der Waals surface area contributed by atoms with Crippen molar-refractivity contribution in [3.63, 3.8) is 0 Å². The van der Waals surface area contributed by atoms with Crippen molar-refractivity contribution in [2.24, 2.45) is 17.7 Å². The van der Waals surface area contributed by atoms with Crippen LogP contribution >= 0.6 is 0 Å². The smallest absolute Gasteiger partial charge is 0.240 e. The highest BCUT2D eigenvalue weighted by Gasteiger charge is 2.34. The van der Waals surface area contributed by atoms with E-state index in [1.54, 1.807) is 24.3 Å². The van der Waals surface area contributed by atoms with Crippen LogP contribution in [0.2, 0.25) is 0 Å². The fraction of sp³-hybridized carbons (Fsp3) is 0.571. The van der Waals surface area contributed by atoms with Gasteiger partial charge >= 0.3 is 0 Å². The second-order valence-corrected chi connectivity index (χ2v) is 7.22. The van der Waals surface area contributed by atoms with E-state index in [-0.39, 0.29) is 10.9 Å². The van der Waals surface area contributed by atoms with Gasteiger partial charge in [-0.1, -0.05) is 20.3 Å². The number of hydrogen-bond acceptors (Lipinski definition) is 4. The maximum Gasteiger partial charge on any atom is 0.240 e. The minimum absolute atomic E-state index is 0.0391. The molecule has 3 atom stereocenters. The fourth-order valence-corrected chi connectivity index (χ4v) is 4.35. The molecule has 0 amide bonds. The van der Waals surface area contributed by atoms with Gasteiger partial charge in [0, 0.05) is 11.7 Å². The Labute approximate surface area is 121 Å². The molecule has 20 heavy (non-hydrogen) atoms. The molecule has 4 N–H and O–H groups in total. The third kappa shape index (κ3) is 3.13. The summed E-state index contributed by atoms with van der Waals surface area (Å²) < 4.78 is 27.6. The standard InChI is InChI=1S/C14H23N3O2S/c1-3-11-4-9-14(10(11)2)17-20(18,19)13-7-5-12(16-15)6-8-13/h5-8,10-11,14,16-17H,3-4,9,15H2,1-2H3. The van der Waals surface area contributed by atoms with E-state index in [9.17, 15) is 8.42 Å². The summed E-state index contributed by atoms with van der Waals surface area (Å²) in [5.41, 5.74) is 3.17. The lowest BCUT2D eigenvalue weighted by Gasteiger charge is -2.21. The maximum atomic E-state index is 12.4. The quantitative estimate of drug-likeness (QED) is 0.574. The monoisotopic (exact) mass is 297 g/mol. The average Bonchev–Trinajstić information content (AvgIpc) is 2.79. The molecule has 1 aliphatic carbocycles. The van der Waals surface area contributed by atoms with Crippen molar-refractivity contribution in [1.29, 1.82) is 0 Å². The van der Waals surface area contributed by atoms with Gasteiger partial charge in [0.05, 0.1) is 4.90 Å². The zero-order valence-corrected chi connectivity index (χ0v) is 12.8. The van der Waals surface area contributed by atoms with Gasteiger partial charge in [0.15, 0.2) is 0 Å². The second-order valence-electron chi connectivity index (χ2n) is 5.50. The van der Waals surface area contributed by atoms with Gasteiger partial charge in [-0.2, -0.15) is 0 Å². The zero-order chi connectivity index (χ0) is 14.8. The minimum atomic E-state index is -3.45. The summed E-state index contributed by atoms with van der Waals surface area (Å²) in [5.74, 6) is 6.28. The summed E-state index contributed by atoms with van der Waals surface area (Å²) in [6.07, 6.45) is 3.12. The summed E-state index contributed by atoms with van der Waals surface area (Å²) in [4.78, 5) is 0.281. The number of hydrogen-bond donors (Lipinski definition) is 3. The van der Waals surface area contributed by atoms with E-state index in [2.05, 4.69) is 24.0 Å². The largest absolute Gasteiger partial charge is 0.324 e. The van der Waals surface area contributed by atoms with Gasteiger partial charge in [0.1, 0.15) is 0 Å². The third-order valence-electron chi connectivity index (χ3n) is 4.39. The molecule has 2 rings (SSSR count). The predicted octanol–water partition coefficient (Wildman–Crippen LogP) is 2.08. The molecule has 6 heteroatoms. The number of nitrogen functional groups attached to an aromatic ring is 1. The molecule has 0 bridgehead atoms. The molecule has 112 valence electrons. The van der Waals surface area contributed by atoms with Crippen LogP contribution in [-0.4, -0.2) is 14.5 Å². The summed E-state index contributed by atoms with van der Waals surface area (Å²) in [6, 6.07) is 6.48. The van der Waals surface area contributed by atoms with Crippen molar-refractivity contribution in [2.75, 3.05) is 5.43 Å². The highest BCUT2D eigenvalue weighted by molar-refractivity contribution is 7.89. The zero-order valence-electron chi connectivity index (χ0n) is 12.0. The van der Waals surface area contributed by atoms with Gasteiger partial charge in [-0.3, -0.25) is 5.84 Å². The van der Waals surface area contributed by atoms with Crippen molar-refractivity contribution < 1.29 is 8.42 Å². The molecule has 0 heterocycles. The molecular formula is C14H23N3O2S. The Balaban J connectivity index is 2.11. The molecule has 1 aliphatic rings. The van der Waals surface area contributed by atoms with E-state index >= 15 is 0 Å². The Hall–Kier alpha value is -1.11. The Morgan fingerprint density at radius 2 is 1.90 bits per heavy atom. The van der Waals surface area contributed by atoms with E-state index in [0.717, 1.165) is 19.3 Å². The highest BCUT2D eigenvalue weighted by atomic mass is 32.2. The van der Waals surface area contributed by atoms with Gasteiger partial charge in [-0.15, -0.1) is 0 Å². The molecule has 0 spiro atoms. The number of benzene rings is 1. The minimum Gasteiger partial charge on any atom is -0.324 e. The first-order valence-corrected chi connectivity index (χ1v) is 8.55. The number of nitrogens with two attached hydrogens (primary N) is 1. The molecule has 0 aromatic heterocycles. The first-order chi connectivity index (χ1) is 9.47. The van der Waals surface area contributed by atoms with Crippen molar-refractivity contribution in [1.82, 2.24) is 4.72 Å². The summed E-state index contributed by atoms with van der Waals surface area (Å²) >= 11 is 0. The third-order valence-corrected chi connectivity index (χ3v) is 5.89. The first-order valence-electron chi connectivity index (χ1n) is 7.07. The Kier molecular flexibility index (Phi) is 4.67. The molecule has 1 saturated carbocycles. The summed E-state index contributed by atoms with van der Waals surface area (Å²) in [7, 11) is -3.45. The highest BCUT2D eigenvalue weighted by Crippen LogP contribution is 2.34. The van der Waals surface area contributed by atoms with E-state index in [1.807, 2.05) is 0 Å². The van der Waals surface area contributed by atoms with Crippen molar-refractivity contribution in [3.05, 3.63) is 24.3 Å². The number of nitrogens with one attached hydrogen (secondary N) is 2. The molecule has 0 saturated heterocycles. The fourth-order valence-electron chi connectivity index (χ4n) is 2.99. The Bertz CT molecular complexity index is 542. The lowest BCUT2D eigenvalue weighted by Crippen LogP contribution is -2.37. The van der Waals surface area contributed by atoms with Crippen LogP contribution in [0.15, 0.2) is 29.2 Å². The van der Waals surface area contributed by atoms with Crippen LogP contribution in [0.4, 0.5) is 5.69 Å². The van der Waals surface area contributed by atoms with Gasteiger partial charge in [0.25, 0.3) is 0 Å². The van der Waals surface area contributed by atoms with E-state index < -0.39 is 10.0 Å². The van der Waals surface area contributed by atoms with Crippen molar-refractivity contribution >= 4 is 15.7 Å². The van der Waals surface area contributed by atoms with Crippen LogP contribution in [0.25, 0.3) is 0 Å². The topological polar surface area (TPSA) is 84.2 Å². The van der Waals surface area contributed by atoms with Gasteiger partial charge in [-0.05, 0) is 48.9 Å². The van der Waals surface area contributed by atoms with Crippen molar-refractivity contribution in [2.45, 2.75) is 44.0 Å². The van der Waals surface area contributed by atoms with Crippen LogP contribution in [0.3, 0.4) is 0 Å². The van der Waals surface area contributed by atoms with E-state index in [0.29, 0.717) is 17.5 Å². The number of sulfonamides is 1. The van der Waals surface area contributed by atoms with Crippen LogP contribution in [0.1, 0.15) is 33.1 Å². The molecule has 1 aromatic rings. The van der Waals surface area contributed by atoms with E-state index in [4.69, 9.17) is 5.84 Å². The van der Waals surface area contributed by atoms with Gasteiger partial charge in [0.2, 0.25) is 10.0 Å². The number of rotatable bonds is 5. The molecule has 0 radical (unpaired) electrons. The Morgan fingerprint density at radius 3 is 2.40 bits per heavy atom. The van der Waals surface area contributed by atoms with Gasteiger partial charge < -0.3 is 5.43 Å². The van der Waals surface area contributed by atoms with Crippen LogP contribution in [0, 0.1) is 11.8 Å². The second kappa shape index (κ2) is 6.11. The van der Waals surface area contributed by atoms with Crippen LogP contribution in [0.5, 0.6) is 0 Å². The molecule has 3 unspecified atom stereocenters. The maximum absolute atomic E-state index is 12.4. The average molecular weight is 297 g/mol. The summed E-state index contributed by atoms with van der Waals surface area (Å²) in [5, 5.41) is 0. The summed E-state index contributed by atoms with van der Waals surface area (Å²) in [6.45, 7) is 4.30.